The highest BCUT2D eigenvalue weighted by atomic mass is 32.2. The van der Waals surface area contributed by atoms with Crippen molar-refractivity contribution in [2.75, 3.05) is 39.0 Å². The summed E-state index contributed by atoms with van der Waals surface area (Å²) in [6.07, 6.45) is 0. The second-order valence-electron chi connectivity index (χ2n) is 10.2. The van der Waals surface area contributed by atoms with Gasteiger partial charge in [-0.25, -0.2) is 18.0 Å². The van der Waals surface area contributed by atoms with Gasteiger partial charge in [-0.1, -0.05) is 24.3 Å². The number of carbonyl (C=O) groups excluding carboxylic acids is 2. The number of urea groups is 2. The zero-order valence-corrected chi connectivity index (χ0v) is 25.6. The van der Waals surface area contributed by atoms with Crippen LogP contribution in [0.15, 0.2) is 131 Å². The molecule has 0 aliphatic rings. The summed E-state index contributed by atoms with van der Waals surface area (Å²) in [6, 6.07) is 32.4. The van der Waals surface area contributed by atoms with E-state index in [1.807, 2.05) is 43.3 Å². The van der Waals surface area contributed by atoms with Gasteiger partial charge < -0.3 is 37.1 Å². The van der Waals surface area contributed by atoms with E-state index in [0.717, 1.165) is 17.0 Å². The molecule has 0 radical (unpaired) electrons. The highest BCUT2D eigenvalue weighted by Gasteiger charge is 2.18. The Labute approximate surface area is 266 Å². The number of anilines is 6. The number of para-hydroxylation sites is 1. The largest absolute Gasteiger partial charge is 0.473 e. The maximum Gasteiger partial charge on any atom is 0.323 e. The van der Waals surface area contributed by atoms with Crippen molar-refractivity contribution in [2.45, 2.75) is 16.7 Å². The van der Waals surface area contributed by atoms with Crippen molar-refractivity contribution < 1.29 is 22.7 Å². The number of nitrogens with two attached hydrogens (primary N) is 1. The van der Waals surface area contributed by atoms with Gasteiger partial charge in [0.05, 0.1) is 9.79 Å². The van der Waals surface area contributed by atoms with Gasteiger partial charge in [-0.2, -0.15) is 0 Å². The highest BCUT2D eigenvalue weighted by Crippen LogP contribution is 2.25. The van der Waals surface area contributed by atoms with Crippen LogP contribution in [0.4, 0.5) is 43.7 Å². The molecule has 5 rings (SSSR count). The third-order valence-electron chi connectivity index (χ3n) is 6.58. The quantitative estimate of drug-likeness (QED) is 0.0700. The second-order valence-corrected chi connectivity index (χ2v) is 12.2. The van der Waals surface area contributed by atoms with E-state index < -0.39 is 21.9 Å². The molecule has 0 bridgehead atoms. The molecule has 0 aliphatic carbocycles. The molecule has 0 saturated carbocycles. The lowest BCUT2D eigenvalue weighted by atomic mass is 10.2. The molecule has 46 heavy (non-hydrogen) atoms. The van der Waals surface area contributed by atoms with E-state index in [-0.39, 0.29) is 16.5 Å². The fourth-order valence-corrected chi connectivity index (χ4v) is 5.73. The molecule has 11 nitrogen and oxygen atoms in total. The number of sulfone groups is 1. The summed E-state index contributed by atoms with van der Waals surface area (Å²) >= 11 is 0. The monoisotopic (exact) mass is 636 g/mol. The van der Waals surface area contributed by atoms with Gasteiger partial charge in [-0.05, 0) is 110 Å². The maximum atomic E-state index is 13.2. The Balaban J connectivity index is 1.13. The summed E-state index contributed by atoms with van der Waals surface area (Å²) in [7, 11) is -3.85. The zero-order chi connectivity index (χ0) is 32.5. The van der Waals surface area contributed by atoms with Crippen LogP contribution in [0.1, 0.15) is 5.56 Å². The lowest BCUT2D eigenvalue weighted by molar-refractivity contribution is 0.261. The molecule has 7 N–H and O–H groups in total. The average molecular weight is 637 g/mol. The van der Waals surface area contributed by atoms with Crippen LogP contribution in [-0.4, -0.2) is 27.2 Å². The van der Waals surface area contributed by atoms with Crippen LogP contribution < -0.4 is 37.1 Å². The first-order chi connectivity index (χ1) is 22.1. The molecule has 5 aromatic rings. The third kappa shape index (κ3) is 8.55. The fourth-order valence-electron chi connectivity index (χ4n) is 4.47. The Morgan fingerprint density at radius 3 is 1.74 bits per heavy atom. The van der Waals surface area contributed by atoms with E-state index in [4.69, 9.17) is 10.5 Å². The van der Waals surface area contributed by atoms with Gasteiger partial charge in [-0.15, -0.1) is 0 Å². The normalized spacial score (nSPS) is 10.8. The highest BCUT2D eigenvalue weighted by molar-refractivity contribution is 7.91. The second kappa shape index (κ2) is 14.2. The van der Waals surface area contributed by atoms with E-state index in [1.165, 1.54) is 48.5 Å². The SMILES string of the molecule is Cc1cc(N)cc(NC(=O)Nc2ccc(S(=O)(=O)c3ccc(NC(=O)Nc4cccc(NCOc5ccccc5)c4)cc3)cc2)c1. The molecule has 0 fully saturated rings. The average Bonchev–Trinajstić information content (AvgIpc) is 3.02. The van der Waals surface area contributed by atoms with E-state index in [9.17, 15) is 18.0 Å². The summed E-state index contributed by atoms with van der Waals surface area (Å²) in [5.74, 6) is 0.736. The Morgan fingerprint density at radius 1 is 0.609 bits per heavy atom. The minimum absolute atomic E-state index is 0.0467. The first kappa shape index (κ1) is 31.4. The standard InChI is InChI=1S/C34H32N6O5S/c1-23-18-24(35)20-29(19-23)40-34(42)38-26-12-16-32(17-13-26)46(43,44)31-14-10-25(11-15-31)37-33(41)39-28-7-5-6-27(21-28)36-22-45-30-8-3-2-4-9-30/h2-21,36H,22,35H2,1H3,(H2,37,39,41)(H2,38,40,42). The summed E-state index contributed by atoms with van der Waals surface area (Å²) in [6.45, 7) is 2.11. The molecule has 4 amide bonds. The van der Waals surface area contributed by atoms with Gasteiger partial charge in [0.2, 0.25) is 9.84 Å². The Bertz CT molecular complexity index is 1910. The number of benzene rings is 5. The van der Waals surface area contributed by atoms with Crippen molar-refractivity contribution in [1.29, 1.82) is 0 Å². The van der Waals surface area contributed by atoms with Crippen LogP contribution in [0.2, 0.25) is 0 Å². The molecule has 0 atom stereocenters. The number of nitrogen functional groups attached to an aromatic ring is 1. The number of amides is 4. The van der Waals surface area contributed by atoms with Crippen molar-refractivity contribution in [3.63, 3.8) is 0 Å². The predicted molar refractivity (Wildman–Crippen MR) is 181 cm³/mol. The van der Waals surface area contributed by atoms with E-state index in [2.05, 4.69) is 26.6 Å². The first-order valence-corrected chi connectivity index (χ1v) is 15.6. The van der Waals surface area contributed by atoms with E-state index in [0.29, 0.717) is 28.4 Å². The smallest absolute Gasteiger partial charge is 0.323 e. The molecule has 5 aromatic carbocycles. The van der Waals surface area contributed by atoms with Gasteiger partial charge in [0.25, 0.3) is 0 Å². The van der Waals surface area contributed by atoms with Gasteiger partial charge in [0, 0.05) is 34.1 Å². The number of aryl methyl sites for hydroxylation is 1. The maximum absolute atomic E-state index is 13.2. The number of hydrogen-bond acceptors (Lipinski definition) is 7. The van der Waals surface area contributed by atoms with Gasteiger partial charge in [0.15, 0.2) is 6.73 Å². The van der Waals surface area contributed by atoms with Crippen LogP contribution in [0.25, 0.3) is 0 Å². The van der Waals surface area contributed by atoms with Crippen molar-refractivity contribution in [3.05, 3.63) is 127 Å². The van der Waals surface area contributed by atoms with Crippen molar-refractivity contribution in [3.8, 4) is 5.75 Å². The van der Waals surface area contributed by atoms with Crippen molar-refractivity contribution >= 4 is 56.0 Å². The molecule has 0 spiro atoms. The first-order valence-electron chi connectivity index (χ1n) is 14.1. The van der Waals surface area contributed by atoms with Crippen LogP contribution in [0.3, 0.4) is 0 Å². The van der Waals surface area contributed by atoms with E-state index in [1.54, 1.807) is 36.4 Å². The zero-order valence-electron chi connectivity index (χ0n) is 24.8. The number of hydrogen-bond donors (Lipinski definition) is 6. The Hall–Kier alpha value is -6.01. The van der Waals surface area contributed by atoms with Crippen LogP contribution in [-0.2, 0) is 9.84 Å². The van der Waals surface area contributed by atoms with E-state index >= 15 is 0 Å². The minimum atomic E-state index is -3.85. The third-order valence-corrected chi connectivity index (χ3v) is 8.37. The Kier molecular flexibility index (Phi) is 9.69. The summed E-state index contributed by atoms with van der Waals surface area (Å²) in [5.41, 5.74) is 9.91. The molecule has 0 aromatic heterocycles. The molecule has 234 valence electrons. The van der Waals surface area contributed by atoms with Crippen molar-refractivity contribution in [1.82, 2.24) is 0 Å². The van der Waals surface area contributed by atoms with Crippen molar-refractivity contribution in [2.24, 2.45) is 0 Å². The number of nitrogens with one attached hydrogen (secondary N) is 5. The molecule has 12 heteroatoms. The Morgan fingerprint density at radius 2 is 1.15 bits per heavy atom. The van der Waals surface area contributed by atoms with Gasteiger partial charge in [0.1, 0.15) is 5.75 Å². The fraction of sp³-hybridized carbons (Fsp3) is 0.0588. The topological polar surface area (TPSA) is 164 Å². The molecule has 0 saturated heterocycles. The summed E-state index contributed by atoms with van der Waals surface area (Å²) < 4.78 is 32.1. The summed E-state index contributed by atoms with van der Waals surface area (Å²) in [5, 5.41) is 14.0. The lowest BCUT2D eigenvalue weighted by Crippen LogP contribution is -2.19. The van der Waals surface area contributed by atoms with Crippen LogP contribution in [0, 0.1) is 6.92 Å². The van der Waals surface area contributed by atoms with Crippen LogP contribution in [0.5, 0.6) is 5.75 Å². The molecular weight excluding hydrogens is 604 g/mol. The molecular formula is C34H32N6O5S. The number of rotatable bonds is 10. The van der Waals surface area contributed by atoms with Gasteiger partial charge in [-0.3, -0.25) is 0 Å². The number of ether oxygens (including phenoxy) is 1. The summed E-state index contributed by atoms with van der Waals surface area (Å²) in [4.78, 5) is 25.1. The number of carbonyl (C=O) groups is 2. The molecule has 0 aliphatic heterocycles. The molecule has 0 heterocycles. The lowest BCUT2D eigenvalue weighted by Gasteiger charge is -2.12. The van der Waals surface area contributed by atoms with Gasteiger partial charge >= 0.3 is 12.1 Å². The predicted octanol–water partition coefficient (Wildman–Crippen LogP) is 7.15. The minimum Gasteiger partial charge on any atom is -0.473 e. The molecule has 0 unspecified atom stereocenters. The van der Waals surface area contributed by atoms with Crippen LogP contribution >= 0.6 is 0 Å².